The number of nitrogens with one attached hydrogen (secondary N) is 1. The Kier molecular flexibility index (Phi) is 4.99. The fourth-order valence-electron chi connectivity index (χ4n) is 3.14. The lowest BCUT2D eigenvalue weighted by molar-refractivity contribution is -0.143. The molecule has 1 N–H and O–H groups in total. The molecular formula is C17H27N3O. The van der Waals surface area contributed by atoms with Crippen molar-refractivity contribution in [2.75, 3.05) is 20.1 Å². The molecule has 0 spiro atoms. The first-order valence-corrected chi connectivity index (χ1v) is 7.80. The van der Waals surface area contributed by atoms with Crippen LogP contribution in [0.2, 0.25) is 0 Å². The van der Waals surface area contributed by atoms with E-state index in [9.17, 15) is 4.79 Å². The average Bonchev–Trinajstić information content (AvgIpc) is 2.47. The van der Waals surface area contributed by atoms with Crippen molar-refractivity contribution in [1.82, 2.24) is 15.2 Å². The van der Waals surface area contributed by atoms with Crippen LogP contribution in [0.15, 0.2) is 18.2 Å². The van der Waals surface area contributed by atoms with Gasteiger partial charge in [0.15, 0.2) is 0 Å². The molecule has 1 fully saturated rings. The summed E-state index contributed by atoms with van der Waals surface area (Å²) in [5.41, 5.74) is 1.61. The summed E-state index contributed by atoms with van der Waals surface area (Å²) in [7, 11) is 1.88. The molecule has 116 valence electrons. The lowest BCUT2D eigenvalue weighted by atomic mass is 9.74. The van der Waals surface area contributed by atoms with Gasteiger partial charge >= 0.3 is 0 Å². The molecule has 0 saturated carbocycles. The minimum absolute atomic E-state index is 0.208. The minimum atomic E-state index is -0.327. The third-order valence-corrected chi connectivity index (χ3v) is 4.56. The van der Waals surface area contributed by atoms with E-state index in [4.69, 9.17) is 0 Å². The van der Waals surface area contributed by atoms with Gasteiger partial charge in [-0.05, 0) is 50.9 Å². The maximum absolute atomic E-state index is 12.8. The monoisotopic (exact) mass is 289 g/mol. The summed E-state index contributed by atoms with van der Waals surface area (Å²) in [6.07, 6.45) is 2.28. The van der Waals surface area contributed by atoms with E-state index in [1.54, 1.807) is 0 Å². The first kappa shape index (κ1) is 16.0. The van der Waals surface area contributed by atoms with Crippen molar-refractivity contribution < 1.29 is 4.79 Å². The highest BCUT2D eigenvalue weighted by Crippen LogP contribution is 2.33. The van der Waals surface area contributed by atoms with E-state index in [2.05, 4.69) is 24.1 Å². The first-order chi connectivity index (χ1) is 9.91. The summed E-state index contributed by atoms with van der Waals surface area (Å²) in [6.45, 7) is 8.71. The third kappa shape index (κ3) is 3.82. The molecule has 2 rings (SSSR count). The lowest BCUT2D eigenvalue weighted by Crippen LogP contribution is -2.47. The van der Waals surface area contributed by atoms with Crippen LogP contribution in [-0.4, -0.2) is 35.9 Å². The smallest absolute Gasteiger partial charge is 0.228 e. The van der Waals surface area contributed by atoms with Gasteiger partial charge in [0.25, 0.3) is 0 Å². The second kappa shape index (κ2) is 6.56. The van der Waals surface area contributed by atoms with Crippen molar-refractivity contribution in [1.29, 1.82) is 0 Å². The van der Waals surface area contributed by atoms with Gasteiger partial charge in [0.2, 0.25) is 5.91 Å². The van der Waals surface area contributed by atoms with Gasteiger partial charge in [0.05, 0.1) is 12.2 Å². The average molecular weight is 289 g/mol. The number of carbonyl (C=O) groups is 1. The summed E-state index contributed by atoms with van der Waals surface area (Å²) >= 11 is 0. The molecule has 0 bridgehead atoms. The Morgan fingerprint density at radius 2 is 2.24 bits per heavy atom. The highest BCUT2D eigenvalue weighted by molar-refractivity contribution is 5.82. The quantitative estimate of drug-likeness (QED) is 0.925. The zero-order chi connectivity index (χ0) is 15.5. The number of aromatic nitrogens is 1. The molecule has 1 atom stereocenters. The number of piperidine rings is 1. The Morgan fingerprint density at radius 1 is 1.48 bits per heavy atom. The van der Waals surface area contributed by atoms with Gasteiger partial charge in [-0.2, -0.15) is 0 Å². The van der Waals surface area contributed by atoms with Gasteiger partial charge < -0.3 is 10.2 Å². The molecule has 1 aromatic rings. The lowest BCUT2D eigenvalue weighted by Gasteiger charge is -2.38. The van der Waals surface area contributed by atoms with Gasteiger partial charge in [-0.25, -0.2) is 0 Å². The number of hydrogen-bond donors (Lipinski definition) is 1. The molecule has 1 aliphatic heterocycles. The normalized spacial score (nSPS) is 19.3. The molecule has 0 aliphatic carbocycles. The Hall–Kier alpha value is -1.42. The molecule has 21 heavy (non-hydrogen) atoms. The van der Waals surface area contributed by atoms with Crippen molar-refractivity contribution in [3.05, 3.63) is 29.6 Å². The zero-order valence-corrected chi connectivity index (χ0v) is 13.6. The van der Waals surface area contributed by atoms with E-state index in [1.165, 1.54) is 0 Å². The van der Waals surface area contributed by atoms with Crippen LogP contribution < -0.4 is 5.32 Å². The predicted octanol–water partition coefficient (Wildman–Crippen LogP) is 2.37. The summed E-state index contributed by atoms with van der Waals surface area (Å²) in [5, 5.41) is 3.41. The van der Waals surface area contributed by atoms with Crippen LogP contribution in [0.4, 0.5) is 0 Å². The van der Waals surface area contributed by atoms with Crippen LogP contribution in [0.25, 0.3) is 0 Å². The van der Waals surface area contributed by atoms with E-state index < -0.39 is 0 Å². The van der Waals surface area contributed by atoms with Crippen molar-refractivity contribution in [3.8, 4) is 0 Å². The van der Waals surface area contributed by atoms with E-state index >= 15 is 0 Å². The van der Waals surface area contributed by atoms with Crippen LogP contribution in [0.1, 0.15) is 38.1 Å². The Morgan fingerprint density at radius 3 is 2.86 bits per heavy atom. The molecule has 1 unspecified atom stereocenters. The number of pyridine rings is 1. The number of carbonyl (C=O) groups excluding carboxylic acids is 1. The summed E-state index contributed by atoms with van der Waals surface area (Å²) in [5.74, 6) is 0.617. The Labute approximate surface area is 127 Å². The molecule has 1 amide bonds. The van der Waals surface area contributed by atoms with Crippen molar-refractivity contribution in [3.63, 3.8) is 0 Å². The van der Waals surface area contributed by atoms with Crippen molar-refractivity contribution in [2.45, 2.75) is 40.2 Å². The number of amides is 1. The molecule has 0 aromatic carbocycles. The first-order valence-electron chi connectivity index (χ1n) is 7.80. The maximum Gasteiger partial charge on any atom is 0.228 e. The second-order valence-corrected chi connectivity index (χ2v) is 6.70. The van der Waals surface area contributed by atoms with Crippen LogP contribution >= 0.6 is 0 Å². The van der Waals surface area contributed by atoms with Gasteiger partial charge in [-0.1, -0.05) is 19.9 Å². The Bertz CT molecular complexity index is 493. The number of nitrogens with zero attached hydrogens (tertiary/aromatic N) is 2. The second-order valence-electron chi connectivity index (χ2n) is 6.70. The summed E-state index contributed by atoms with van der Waals surface area (Å²) < 4.78 is 0. The molecule has 4 nitrogen and oxygen atoms in total. The summed E-state index contributed by atoms with van der Waals surface area (Å²) in [6, 6.07) is 5.95. The van der Waals surface area contributed by atoms with Gasteiger partial charge in [-0.3, -0.25) is 9.78 Å². The molecule has 1 saturated heterocycles. The van der Waals surface area contributed by atoms with E-state index in [0.29, 0.717) is 12.5 Å². The summed E-state index contributed by atoms with van der Waals surface area (Å²) in [4.78, 5) is 19.1. The number of rotatable bonds is 4. The van der Waals surface area contributed by atoms with E-state index in [1.807, 2.05) is 37.1 Å². The van der Waals surface area contributed by atoms with Crippen LogP contribution in [0.3, 0.4) is 0 Å². The molecule has 1 aliphatic rings. The zero-order valence-electron chi connectivity index (χ0n) is 13.6. The fraction of sp³-hybridized carbons (Fsp3) is 0.647. The Balaban J connectivity index is 2.03. The van der Waals surface area contributed by atoms with Crippen LogP contribution in [-0.2, 0) is 11.3 Å². The molecule has 0 radical (unpaired) electrons. The fourth-order valence-corrected chi connectivity index (χ4v) is 3.14. The van der Waals surface area contributed by atoms with Gasteiger partial charge in [-0.15, -0.1) is 0 Å². The molecular weight excluding hydrogens is 262 g/mol. The number of aryl methyl sites for hydroxylation is 1. The highest BCUT2D eigenvalue weighted by Gasteiger charge is 2.38. The van der Waals surface area contributed by atoms with E-state index in [0.717, 1.165) is 37.3 Å². The highest BCUT2D eigenvalue weighted by atomic mass is 16.2. The minimum Gasteiger partial charge on any atom is -0.339 e. The third-order valence-electron chi connectivity index (χ3n) is 4.56. The largest absolute Gasteiger partial charge is 0.339 e. The van der Waals surface area contributed by atoms with Crippen LogP contribution in [0.5, 0.6) is 0 Å². The molecule has 2 heterocycles. The number of hydrogen-bond acceptors (Lipinski definition) is 3. The van der Waals surface area contributed by atoms with Crippen molar-refractivity contribution >= 4 is 5.91 Å². The van der Waals surface area contributed by atoms with Gasteiger partial charge in [0, 0.05) is 18.2 Å². The topological polar surface area (TPSA) is 45.2 Å². The van der Waals surface area contributed by atoms with Crippen LogP contribution in [0, 0.1) is 18.3 Å². The molecule has 4 heteroatoms. The van der Waals surface area contributed by atoms with E-state index in [-0.39, 0.29) is 11.3 Å². The van der Waals surface area contributed by atoms with Crippen molar-refractivity contribution in [2.24, 2.45) is 11.3 Å². The predicted molar refractivity (Wildman–Crippen MR) is 84.8 cm³/mol. The molecule has 1 aromatic heterocycles. The SMILES string of the molecule is Cc1cccc(CN(C)C(=O)C(C)(C)C2CCCNC2)n1. The maximum atomic E-state index is 12.8. The standard InChI is InChI=1S/C17H27N3O/c1-13-7-5-9-15(19-13)12-20(4)16(21)17(2,3)14-8-6-10-18-11-14/h5,7,9,14,18H,6,8,10-12H2,1-4H3. The van der Waals surface area contributed by atoms with Gasteiger partial charge in [0.1, 0.15) is 0 Å².